The summed E-state index contributed by atoms with van der Waals surface area (Å²) in [6.45, 7) is 2.08. The second-order valence-electron chi connectivity index (χ2n) is 8.61. The van der Waals surface area contributed by atoms with Crippen molar-refractivity contribution >= 4 is 22.6 Å². The summed E-state index contributed by atoms with van der Waals surface area (Å²) in [5, 5.41) is 3.16. The number of hydrogen-bond donors (Lipinski definition) is 2. The molecule has 4 heteroatoms. The number of H-pyrrole nitrogens is 1. The third-order valence-electron chi connectivity index (χ3n) is 6.38. The molecule has 31 heavy (non-hydrogen) atoms. The summed E-state index contributed by atoms with van der Waals surface area (Å²) in [5.41, 5.74) is 6.13. The Bertz CT molecular complexity index is 1190. The van der Waals surface area contributed by atoms with Crippen LogP contribution in [0, 0.1) is 12.8 Å². The molecule has 1 aromatic heterocycles. The van der Waals surface area contributed by atoms with E-state index in [4.69, 9.17) is 4.98 Å². The lowest BCUT2D eigenvalue weighted by atomic mass is 9.84. The fourth-order valence-corrected chi connectivity index (χ4v) is 4.78. The Hall–Kier alpha value is -3.40. The first-order valence-corrected chi connectivity index (χ1v) is 11.1. The summed E-state index contributed by atoms with van der Waals surface area (Å²) in [4.78, 5) is 21.4. The van der Waals surface area contributed by atoms with Crippen LogP contribution in [0.15, 0.2) is 72.8 Å². The molecule has 0 bridgehead atoms. The van der Waals surface area contributed by atoms with Crippen LogP contribution in [0.3, 0.4) is 0 Å². The van der Waals surface area contributed by atoms with E-state index in [0.717, 1.165) is 46.5 Å². The molecule has 4 aromatic rings. The van der Waals surface area contributed by atoms with Gasteiger partial charge in [0.05, 0.1) is 17.0 Å². The number of carbonyl (C=O) groups excluding carboxylic acids is 1. The van der Waals surface area contributed by atoms with Crippen molar-refractivity contribution in [3.05, 3.63) is 83.9 Å². The minimum absolute atomic E-state index is 0.0880. The summed E-state index contributed by atoms with van der Waals surface area (Å²) < 4.78 is 0. The summed E-state index contributed by atoms with van der Waals surface area (Å²) in [6.07, 6.45) is 4.68. The molecule has 1 unspecified atom stereocenters. The van der Waals surface area contributed by atoms with Crippen LogP contribution in [0.4, 0.5) is 5.69 Å². The number of anilines is 1. The summed E-state index contributed by atoms with van der Waals surface area (Å²) in [6, 6.07) is 24.3. The van der Waals surface area contributed by atoms with Gasteiger partial charge in [-0.3, -0.25) is 4.79 Å². The summed E-state index contributed by atoms with van der Waals surface area (Å²) in [5.74, 6) is 1.25. The van der Waals surface area contributed by atoms with Crippen molar-refractivity contribution in [3.8, 4) is 11.4 Å². The van der Waals surface area contributed by atoms with Gasteiger partial charge in [-0.05, 0) is 73.2 Å². The van der Waals surface area contributed by atoms with E-state index < -0.39 is 0 Å². The Kier molecular flexibility index (Phi) is 5.29. The molecule has 0 aliphatic heterocycles. The Morgan fingerprint density at radius 2 is 1.74 bits per heavy atom. The van der Waals surface area contributed by atoms with Crippen LogP contribution in [0.5, 0.6) is 0 Å². The van der Waals surface area contributed by atoms with Gasteiger partial charge in [0, 0.05) is 11.3 Å². The van der Waals surface area contributed by atoms with Gasteiger partial charge in [0.2, 0.25) is 5.91 Å². The molecule has 1 saturated carbocycles. The first-order chi connectivity index (χ1) is 15.2. The molecule has 5 rings (SSSR count). The molecule has 1 aliphatic carbocycles. The van der Waals surface area contributed by atoms with Crippen LogP contribution in [0.25, 0.3) is 22.4 Å². The lowest BCUT2D eigenvalue weighted by Gasteiger charge is -2.23. The minimum atomic E-state index is -0.0954. The molecule has 156 valence electrons. The maximum atomic E-state index is 13.3. The van der Waals surface area contributed by atoms with E-state index in [-0.39, 0.29) is 11.8 Å². The van der Waals surface area contributed by atoms with E-state index in [0.29, 0.717) is 5.92 Å². The van der Waals surface area contributed by atoms with E-state index in [9.17, 15) is 4.79 Å². The molecule has 0 spiro atoms. The second-order valence-corrected chi connectivity index (χ2v) is 8.61. The molecular formula is C27H27N3O. The standard InChI is InChI=1S/C27H27N3O/c1-18-11-16-23-24(17-18)30-26(29-23)21-12-14-22(15-13-21)28-27(31)25(20-9-5-6-10-20)19-7-3-2-4-8-19/h2-4,7-8,11-17,20,25H,5-6,9-10H2,1H3,(H,28,31)(H,29,30). The highest BCUT2D eigenvalue weighted by atomic mass is 16.1. The van der Waals surface area contributed by atoms with Crippen molar-refractivity contribution in [2.45, 2.75) is 38.5 Å². The van der Waals surface area contributed by atoms with Gasteiger partial charge in [-0.25, -0.2) is 4.98 Å². The van der Waals surface area contributed by atoms with Crippen molar-refractivity contribution in [1.29, 1.82) is 0 Å². The lowest BCUT2D eigenvalue weighted by Crippen LogP contribution is -2.26. The van der Waals surface area contributed by atoms with Crippen LogP contribution >= 0.6 is 0 Å². The Morgan fingerprint density at radius 1 is 1.00 bits per heavy atom. The molecule has 4 nitrogen and oxygen atoms in total. The molecular weight excluding hydrogens is 382 g/mol. The largest absolute Gasteiger partial charge is 0.338 e. The zero-order valence-corrected chi connectivity index (χ0v) is 17.8. The van der Waals surface area contributed by atoms with E-state index in [2.05, 4.69) is 41.5 Å². The lowest BCUT2D eigenvalue weighted by molar-refractivity contribution is -0.118. The van der Waals surface area contributed by atoms with Gasteiger partial charge >= 0.3 is 0 Å². The smallest absolute Gasteiger partial charge is 0.232 e. The predicted molar refractivity (Wildman–Crippen MR) is 126 cm³/mol. The normalized spacial score (nSPS) is 15.3. The van der Waals surface area contributed by atoms with Gasteiger partial charge in [-0.2, -0.15) is 0 Å². The van der Waals surface area contributed by atoms with Crippen molar-refractivity contribution in [2.75, 3.05) is 5.32 Å². The molecule has 1 aliphatic rings. The van der Waals surface area contributed by atoms with E-state index >= 15 is 0 Å². The molecule has 1 fully saturated rings. The maximum absolute atomic E-state index is 13.3. The molecule has 2 N–H and O–H groups in total. The maximum Gasteiger partial charge on any atom is 0.232 e. The molecule has 3 aromatic carbocycles. The number of fused-ring (bicyclic) bond motifs is 1. The van der Waals surface area contributed by atoms with Crippen LogP contribution in [0.1, 0.15) is 42.7 Å². The average molecular weight is 410 g/mol. The van der Waals surface area contributed by atoms with Gasteiger partial charge in [-0.15, -0.1) is 0 Å². The number of benzene rings is 3. The third-order valence-corrected chi connectivity index (χ3v) is 6.38. The molecule has 0 saturated heterocycles. The topological polar surface area (TPSA) is 57.8 Å². The third kappa shape index (κ3) is 4.11. The van der Waals surface area contributed by atoms with Crippen molar-refractivity contribution in [3.63, 3.8) is 0 Å². The first kappa shape index (κ1) is 19.6. The molecule has 1 atom stereocenters. The average Bonchev–Trinajstić information content (AvgIpc) is 3.45. The number of imidazole rings is 1. The van der Waals surface area contributed by atoms with Crippen LogP contribution in [-0.2, 0) is 4.79 Å². The van der Waals surface area contributed by atoms with Gasteiger partial charge in [-0.1, -0.05) is 49.2 Å². The fraction of sp³-hybridized carbons (Fsp3) is 0.259. The molecule has 1 amide bonds. The van der Waals surface area contributed by atoms with Crippen LogP contribution in [0.2, 0.25) is 0 Å². The van der Waals surface area contributed by atoms with E-state index in [1.807, 2.05) is 48.5 Å². The zero-order chi connectivity index (χ0) is 21.2. The van der Waals surface area contributed by atoms with E-state index in [1.54, 1.807) is 0 Å². The number of rotatable bonds is 5. The number of nitrogens with zero attached hydrogens (tertiary/aromatic N) is 1. The highest BCUT2D eigenvalue weighted by Crippen LogP contribution is 2.38. The quantitative estimate of drug-likeness (QED) is 0.398. The Morgan fingerprint density at radius 3 is 2.48 bits per heavy atom. The highest BCUT2D eigenvalue weighted by molar-refractivity contribution is 5.96. The first-order valence-electron chi connectivity index (χ1n) is 11.1. The summed E-state index contributed by atoms with van der Waals surface area (Å²) in [7, 11) is 0. The Labute approximate surface area is 182 Å². The molecule has 1 heterocycles. The number of hydrogen-bond acceptors (Lipinski definition) is 2. The van der Waals surface area contributed by atoms with E-state index in [1.165, 1.54) is 18.4 Å². The number of aromatic amines is 1. The minimum Gasteiger partial charge on any atom is -0.338 e. The monoisotopic (exact) mass is 409 g/mol. The fourth-order valence-electron chi connectivity index (χ4n) is 4.78. The van der Waals surface area contributed by atoms with Crippen LogP contribution < -0.4 is 5.32 Å². The second kappa shape index (κ2) is 8.38. The summed E-state index contributed by atoms with van der Waals surface area (Å²) >= 11 is 0. The van der Waals surface area contributed by atoms with Gasteiger partial charge in [0.25, 0.3) is 0 Å². The highest BCUT2D eigenvalue weighted by Gasteiger charge is 2.31. The van der Waals surface area contributed by atoms with Gasteiger partial charge in [0.1, 0.15) is 5.82 Å². The molecule has 0 radical (unpaired) electrons. The number of amides is 1. The van der Waals surface area contributed by atoms with Crippen molar-refractivity contribution in [1.82, 2.24) is 9.97 Å². The number of nitrogens with one attached hydrogen (secondary N) is 2. The van der Waals surface area contributed by atoms with Crippen molar-refractivity contribution in [2.24, 2.45) is 5.92 Å². The van der Waals surface area contributed by atoms with Gasteiger partial charge in [0.15, 0.2) is 0 Å². The van der Waals surface area contributed by atoms with Crippen molar-refractivity contribution < 1.29 is 4.79 Å². The van der Waals surface area contributed by atoms with Gasteiger partial charge < -0.3 is 10.3 Å². The SMILES string of the molecule is Cc1ccc2nc(-c3ccc(NC(=O)C(c4ccccc4)C4CCCC4)cc3)[nH]c2c1. The number of aromatic nitrogens is 2. The zero-order valence-electron chi connectivity index (χ0n) is 17.8. The number of aryl methyl sites for hydroxylation is 1. The van der Waals surface area contributed by atoms with Crippen LogP contribution in [-0.4, -0.2) is 15.9 Å². The number of carbonyl (C=O) groups is 1. The predicted octanol–water partition coefficient (Wildman–Crippen LogP) is 6.45. The Balaban J connectivity index is 1.35.